The lowest BCUT2D eigenvalue weighted by atomic mass is 10.1. The monoisotopic (exact) mass is 441 g/mol. The third kappa shape index (κ3) is 3.79. The summed E-state index contributed by atoms with van der Waals surface area (Å²) in [4.78, 5) is 35.5. The molecule has 0 aliphatic carbocycles. The first-order chi connectivity index (χ1) is 14.6. The van der Waals surface area contributed by atoms with Crippen LogP contribution in [0.5, 0.6) is 0 Å². The highest BCUT2D eigenvalue weighted by molar-refractivity contribution is 5.96. The Bertz CT molecular complexity index is 1310. The number of pyridine rings is 1. The van der Waals surface area contributed by atoms with Gasteiger partial charge in [-0.05, 0) is 25.1 Å². The highest BCUT2D eigenvalue weighted by Gasteiger charge is 2.23. The maximum absolute atomic E-state index is 14.4. The number of anilines is 1. The SMILES string of the molecule is CCn1cc(C(=O)O)c(=O)c2cc(F)c(NNC(=O)c3cc(F)c(F)c(F)c3F)cc21. The van der Waals surface area contributed by atoms with E-state index in [0.29, 0.717) is 0 Å². The van der Waals surface area contributed by atoms with Gasteiger partial charge in [0.25, 0.3) is 5.91 Å². The zero-order valence-electron chi connectivity index (χ0n) is 15.5. The first kappa shape index (κ1) is 21.7. The van der Waals surface area contributed by atoms with Gasteiger partial charge in [0.1, 0.15) is 11.4 Å². The largest absolute Gasteiger partial charge is 0.477 e. The molecule has 0 saturated heterocycles. The van der Waals surface area contributed by atoms with Crippen molar-refractivity contribution in [1.29, 1.82) is 0 Å². The van der Waals surface area contributed by atoms with E-state index in [1.165, 1.54) is 4.57 Å². The molecule has 0 aliphatic rings. The standard InChI is InChI=1S/C19H12F5N3O4/c1-2-27-6-9(19(30)31)17(28)7-3-10(20)12(5-13(7)27)25-26-18(29)8-4-11(21)15(23)16(24)14(8)22/h3-6,25H,2H2,1H3,(H,26,29)(H,30,31). The molecule has 1 amide bonds. The van der Waals surface area contributed by atoms with E-state index in [1.807, 2.05) is 5.43 Å². The molecular formula is C19H12F5N3O4. The molecule has 0 unspecified atom stereocenters. The van der Waals surface area contributed by atoms with Gasteiger partial charge in [0.05, 0.1) is 16.8 Å². The zero-order chi connectivity index (χ0) is 23.0. The van der Waals surface area contributed by atoms with Crippen molar-refractivity contribution < 1.29 is 36.6 Å². The summed E-state index contributed by atoms with van der Waals surface area (Å²) in [5.41, 5.74) is 0.902. The number of amides is 1. The van der Waals surface area contributed by atoms with Crippen molar-refractivity contribution in [2.45, 2.75) is 13.5 Å². The lowest BCUT2D eigenvalue weighted by Gasteiger charge is -2.14. The van der Waals surface area contributed by atoms with Gasteiger partial charge < -0.3 is 9.67 Å². The first-order valence-corrected chi connectivity index (χ1v) is 8.56. The summed E-state index contributed by atoms with van der Waals surface area (Å²) >= 11 is 0. The van der Waals surface area contributed by atoms with E-state index in [9.17, 15) is 36.3 Å². The van der Waals surface area contributed by atoms with Crippen molar-refractivity contribution in [1.82, 2.24) is 9.99 Å². The molecule has 0 radical (unpaired) electrons. The number of aryl methyl sites for hydroxylation is 1. The molecule has 0 spiro atoms. The van der Waals surface area contributed by atoms with Gasteiger partial charge in [-0.3, -0.25) is 20.4 Å². The molecule has 12 heteroatoms. The molecule has 1 aromatic heterocycles. The average molecular weight is 441 g/mol. The molecule has 1 heterocycles. The third-order valence-electron chi connectivity index (χ3n) is 4.40. The average Bonchev–Trinajstić information content (AvgIpc) is 2.73. The van der Waals surface area contributed by atoms with E-state index >= 15 is 0 Å². The van der Waals surface area contributed by atoms with Crippen LogP contribution in [0.1, 0.15) is 27.6 Å². The smallest absolute Gasteiger partial charge is 0.341 e. The topological polar surface area (TPSA) is 100 Å². The van der Waals surface area contributed by atoms with E-state index in [-0.39, 0.29) is 23.5 Å². The van der Waals surface area contributed by atoms with Gasteiger partial charge >= 0.3 is 5.97 Å². The molecule has 0 fully saturated rings. The molecule has 3 N–H and O–H groups in total. The first-order valence-electron chi connectivity index (χ1n) is 8.56. The predicted octanol–water partition coefficient (Wildman–Crippen LogP) is 3.17. The number of carboxylic acids is 1. The number of nitrogens with one attached hydrogen (secondary N) is 2. The number of hydrogen-bond acceptors (Lipinski definition) is 4. The number of hydrogen-bond donors (Lipinski definition) is 3. The summed E-state index contributed by atoms with van der Waals surface area (Å²) in [6, 6.07) is 1.94. The van der Waals surface area contributed by atoms with Crippen LogP contribution >= 0.6 is 0 Å². The van der Waals surface area contributed by atoms with Crippen LogP contribution in [0.15, 0.2) is 29.2 Å². The molecule has 2 aromatic carbocycles. The Kier molecular flexibility index (Phi) is 5.64. The van der Waals surface area contributed by atoms with E-state index < -0.39 is 63.2 Å². The normalized spacial score (nSPS) is 10.9. The number of benzene rings is 2. The zero-order valence-corrected chi connectivity index (χ0v) is 15.5. The van der Waals surface area contributed by atoms with Crippen molar-refractivity contribution in [3.05, 3.63) is 74.8 Å². The van der Waals surface area contributed by atoms with Gasteiger partial charge in [-0.15, -0.1) is 0 Å². The lowest BCUT2D eigenvalue weighted by molar-refractivity contribution is 0.0694. The maximum atomic E-state index is 14.4. The number of aromatic nitrogens is 1. The molecule has 3 aromatic rings. The van der Waals surface area contributed by atoms with Crippen LogP contribution in [-0.4, -0.2) is 21.6 Å². The molecule has 0 atom stereocenters. The summed E-state index contributed by atoms with van der Waals surface area (Å²) in [5.74, 6) is -12.1. The molecule has 0 bridgehead atoms. The number of carbonyl (C=O) groups excluding carboxylic acids is 1. The van der Waals surface area contributed by atoms with Gasteiger partial charge in [-0.25, -0.2) is 26.7 Å². The molecule has 31 heavy (non-hydrogen) atoms. The molecule has 7 nitrogen and oxygen atoms in total. The van der Waals surface area contributed by atoms with Crippen LogP contribution in [0.4, 0.5) is 27.6 Å². The molecule has 0 saturated carbocycles. The summed E-state index contributed by atoms with van der Waals surface area (Å²) in [7, 11) is 0. The second kappa shape index (κ2) is 8.05. The minimum Gasteiger partial charge on any atom is -0.477 e. The molecule has 162 valence electrons. The fourth-order valence-corrected chi connectivity index (χ4v) is 2.85. The summed E-state index contributed by atoms with van der Waals surface area (Å²) < 4.78 is 69.1. The van der Waals surface area contributed by atoms with Crippen molar-refractivity contribution in [2.24, 2.45) is 0 Å². The van der Waals surface area contributed by atoms with Crippen LogP contribution in [0.2, 0.25) is 0 Å². The number of carboxylic acid groups (broad SMARTS) is 1. The van der Waals surface area contributed by atoms with E-state index in [1.54, 1.807) is 6.92 Å². The highest BCUT2D eigenvalue weighted by atomic mass is 19.2. The van der Waals surface area contributed by atoms with E-state index in [2.05, 4.69) is 5.43 Å². The number of rotatable bonds is 5. The van der Waals surface area contributed by atoms with Crippen molar-refractivity contribution in [3.63, 3.8) is 0 Å². The van der Waals surface area contributed by atoms with Crippen molar-refractivity contribution in [3.8, 4) is 0 Å². The van der Waals surface area contributed by atoms with Crippen molar-refractivity contribution in [2.75, 3.05) is 5.43 Å². The van der Waals surface area contributed by atoms with Gasteiger partial charge in [-0.2, -0.15) is 0 Å². The second-order valence-corrected chi connectivity index (χ2v) is 6.24. The summed E-state index contributed by atoms with van der Waals surface area (Å²) in [6.07, 6.45) is 1.06. The van der Waals surface area contributed by atoms with Gasteiger partial charge in [-0.1, -0.05) is 0 Å². The Balaban J connectivity index is 1.99. The van der Waals surface area contributed by atoms with Crippen LogP contribution in [-0.2, 0) is 6.54 Å². The molecular weight excluding hydrogens is 429 g/mol. The number of nitrogens with zero attached hydrogens (tertiary/aromatic N) is 1. The summed E-state index contributed by atoms with van der Waals surface area (Å²) in [5, 5.41) is 8.88. The van der Waals surface area contributed by atoms with Crippen molar-refractivity contribution >= 4 is 28.5 Å². The Morgan fingerprint density at radius 3 is 2.26 bits per heavy atom. The van der Waals surface area contributed by atoms with Gasteiger partial charge in [0.2, 0.25) is 5.43 Å². The minimum atomic E-state index is -2.19. The number of halogens is 5. The predicted molar refractivity (Wildman–Crippen MR) is 98.2 cm³/mol. The fraction of sp³-hybridized carbons (Fsp3) is 0.105. The molecule has 0 aliphatic heterocycles. The maximum Gasteiger partial charge on any atom is 0.341 e. The Labute approximate surface area is 169 Å². The number of aromatic carboxylic acids is 1. The summed E-state index contributed by atoms with van der Waals surface area (Å²) in [6.45, 7) is 1.84. The quantitative estimate of drug-likeness (QED) is 0.245. The number of carbonyl (C=O) groups is 2. The Morgan fingerprint density at radius 2 is 1.65 bits per heavy atom. The van der Waals surface area contributed by atoms with Gasteiger partial charge in [0, 0.05) is 18.1 Å². The van der Waals surface area contributed by atoms with Crippen LogP contribution in [0, 0.1) is 29.1 Å². The van der Waals surface area contributed by atoms with Crippen LogP contribution in [0.25, 0.3) is 10.9 Å². The van der Waals surface area contributed by atoms with Gasteiger partial charge in [0.15, 0.2) is 23.3 Å². The van der Waals surface area contributed by atoms with Crippen LogP contribution < -0.4 is 16.3 Å². The number of hydrazine groups is 1. The lowest BCUT2D eigenvalue weighted by Crippen LogP contribution is -2.31. The van der Waals surface area contributed by atoms with Crippen LogP contribution in [0.3, 0.4) is 0 Å². The second-order valence-electron chi connectivity index (χ2n) is 6.24. The van der Waals surface area contributed by atoms with E-state index in [4.69, 9.17) is 5.11 Å². The Hall–Kier alpha value is -3.96. The highest BCUT2D eigenvalue weighted by Crippen LogP contribution is 2.22. The van der Waals surface area contributed by atoms with E-state index in [0.717, 1.165) is 18.3 Å². The minimum absolute atomic E-state index is 0.112. The fourth-order valence-electron chi connectivity index (χ4n) is 2.85. The molecule has 3 rings (SSSR count). The Morgan fingerprint density at radius 1 is 0.968 bits per heavy atom. The number of fused-ring (bicyclic) bond motifs is 1. The third-order valence-corrected chi connectivity index (χ3v) is 4.40.